The van der Waals surface area contributed by atoms with Crippen LogP contribution in [0.3, 0.4) is 0 Å². The summed E-state index contributed by atoms with van der Waals surface area (Å²) >= 11 is 0. The quantitative estimate of drug-likeness (QED) is 0.475. The van der Waals surface area contributed by atoms with Crippen molar-refractivity contribution in [3.05, 3.63) is 23.8 Å². The van der Waals surface area contributed by atoms with Crippen LogP contribution in [0.25, 0.3) is 0 Å². The van der Waals surface area contributed by atoms with Crippen molar-refractivity contribution >= 4 is 12.0 Å². The monoisotopic (exact) mass is 243 g/mol. The van der Waals surface area contributed by atoms with Crippen molar-refractivity contribution in [3.63, 3.8) is 0 Å². The van der Waals surface area contributed by atoms with E-state index in [1.807, 2.05) is 13.8 Å². The van der Waals surface area contributed by atoms with Gasteiger partial charge >= 0.3 is 6.09 Å². The van der Waals surface area contributed by atoms with Gasteiger partial charge in [-0.1, -0.05) is 13.8 Å². The molecule has 3 N–H and O–H groups in total. The van der Waals surface area contributed by atoms with Crippen molar-refractivity contribution in [2.24, 2.45) is 11.8 Å². The molecule has 1 heterocycles. The van der Waals surface area contributed by atoms with Crippen molar-refractivity contribution < 1.29 is 18.7 Å². The van der Waals surface area contributed by atoms with E-state index in [-0.39, 0.29) is 23.2 Å². The van der Waals surface area contributed by atoms with Gasteiger partial charge in [0.25, 0.3) is 5.91 Å². The first-order valence-corrected chi connectivity index (χ1v) is 5.02. The average Bonchev–Trinajstić information content (AvgIpc) is 2.70. The van der Waals surface area contributed by atoms with E-state index in [1.54, 1.807) is 0 Å². The largest absolute Gasteiger partial charge is 0.448 e. The number of halogens is 1. The molecule has 0 aliphatic carbocycles. The standard InChI is InChI=1S/C10H14FN3O3/c1-6(2)5-17-10(16)14(12)9(15)8-7(11)3-4-13-8/h3-4,6,13H,5,12H2,1-2H3. The minimum atomic E-state index is -1.02. The van der Waals surface area contributed by atoms with Gasteiger partial charge in [-0.2, -0.15) is 5.01 Å². The molecule has 0 atom stereocenters. The lowest BCUT2D eigenvalue weighted by Crippen LogP contribution is -2.43. The summed E-state index contributed by atoms with van der Waals surface area (Å²) in [5, 5.41) is 0.233. The van der Waals surface area contributed by atoms with Gasteiger partial charge in [0, 0.05) is 6.20 Å². The molecule has 6 nitrogen and oxygen atoms in total. The van der Waals surface area contributed by atoms with Crippen molar-refractivity contribution in [3.8, 4) is 0 Å². The van der Waals surface area contributed by atoms with Crippen LogP contribution in [-0.2, 0) is 4.74 Å². The minimum Gasteiger partial charge on any atom is -0.448 e. The number of rotatable bonds is 3. The van der Waals surface area contributed by atoms with Crippen molar-refractivity contribution in [2.75, 3.05) is 6.61 Å². The smallest absolute Gasteiger partial charge is 0.431 e. The number of hydrogen-bond acceptors (Lipinski definition) is 4. The fraction of sp³-hybridized carbons (Fsp3) is 0.400. The Labute approximate surface area is 97.5 Å². The van der Waals surface area contributed by atoms with Crippen LogP contribution in [0.4, 0.5) is 9.18 Å². The van der Waals surface area contributed by atoms with Gasteiger partial charge in [0.1, 0.15) is 5.69 Å². The summed E-state index contributed by atoms with van der Waals surface area (Å²) in [5.74, 6) is 3.58. The van der Waals surface area contributed by atoms with E-state index in [2.05, 4.69) is 4.98 Å². The Morgan fingerprint density at radius 3 is 2.71 bits per heavy atom. The number of nitrogens with zero attached hydrogens (tertiary/aromatic N) is 1. The van der Waals surface area contributed by atoms with Gasteiger partial charge in [-0.15, -0.1) is 0 Å². The van der Waals surface area contributed by atoms with Crippen molar-refractivity contribution in [1.29, 1.82) is 0 Å². The summed E-state index contributed by atoms with van der Waals surface area (Å²) in [7, 11) is 0. The molecule has 0 saturated heterocycles. The normalized spacial score (nSPS) is 10.4. The van der Waals surface area contributed by atoms with E-state index in [1.165, 1.54) is 6.20 Å². The second kappa shape index (κ2) is 5.44. The van der Waals surface area contributed by atoms with E-state index < -0.39 is 17.8 Å². The first kappa shape index (κ1) is 13.2. The van der Waals surface area contributed by atoms with E-state index >= 15 is 0 Å². The van der Waals surface area contributed by atoms with Crippen LogP contribution >= 0.6 is 0 Å². The van der Waals surface area contributed by atoms with Crippen molar-refractivity contribution in [2.45, 2.75) is 13.8 Å². The maximum absolute atomic E-state index is 13.1. The summed E-state index contributed by atoms with van der Waals surface area (Å²) in [6.07, 6.45) is 0.216. The molecule has 0 bridgehead atoms. The third-order valence-electron chi connectivity index (χ3n) is 1.87. The molecule has 0 spiro atoms. The number of aromatic amines is 1. The van der Waals surface area contributed by atoms with Crippen LogP contribution in [0.15, 0.2) is 12.3 Å². The Hall–Kier alpha value is -1.89. The van der Waals surface area contributed by atoms with Crippen LogP contribution in [0, 0.1) is 11.7 Å². The number of amides is 2. The maximum Gasteiger partial charge on any atom is 0.431 e. The summed E-state index contributed by atoms with van der Waals surface area (Å²) in [4.78, 5) is 25.2. The molecule has 0 aliphatic rings. The van der Waals surface area contributed by atoms with Gasteiger partial charge in [0.15, 0.2) is 5.82 Å². The number of H-pyrrole nitrogens is 1. The number of nitrogens with two attached hydrogens (primary N) is 1. The zero-order chi connectivity index (χ0) is 13.0. The summed E-state index contributed by atoms with van der Waals surface area (Å²) in [5.41, 5.74) is -0.381. The van der Waals surface area contributed by atoms with Gasteiger partial charge in [0.05, 0.1) is 6.61 Å². The van der Waals surface area contributed by atoms with E-state index in [0.717, 1.165) is 6.07 Å². The van der Waals surface area contributed by atoms with Crippen molar-refractivity contribution in [1.82, 2.24) is 9.99 Å². The second-order valence-corrected chi connectivity index (χ2v) is 3.85. The molecule has 7 heteroatoms. The molecule has 1 rings (SSSR count). The molecule has 1 aromatic rings. The molecule has 0 fully saturated rings. The molecule has 1 aromatic heterocycles. The second-order valence-electron chi connectivity index (χ2n) is 3.85. The van der Waals surface area contributed by atoms with Gasteiger partial charge in [0.2, 0.25) is 0 Å². The maximum atomic E-state index is 13.1. The predicted octanol–water partition coefficient (Wildman–Crippen LogP) is 1.26. The number of hydrogen-bond donors (Lipinski definition) is 2. The van der Waals surface area contributed by atoms with Crippen LogP contribution in [0.5, 0.6) is 0 Å². The fourth-order valence-corrected chi connectivity index (χ4v) is 1.03. The fourth-order valence-electron chi connectivity index (χ4n) is 1.03. The molecule has 17 heavy (non-hydrogen) atoms. The SMILES string of the molecule is CC(C)COC(=O)N(N)C(=O)c1[nH]ccc1F. The van der Waals surface area contributed by atoms with E-state index in [0.29, 0.717) is 0 Å². The summed E-state index contributed by atoms with van der Waals surface area (Å²) < 4.78 is 17.8. The first-order chi connectivity index (χ1) is 7.93. The van der Waals surface area contributed by atoms with E-state index in [9.17, 15) is 14.0 Å². The zero-order valence-electron chi connectivity index (χ0n) is 9.57. The minimum absolute atomic E-state index is 0.115. The Balaban J connectivity index is 2.64. The summed E-state index contributed by atoms with van der Waals surface area (Å²) in [6.45, 7) is 3.80. The molecule has 0 radical (unpaired) electrons. The number of carbonyl (C=O) groups is 2. The van der Waals surface area contributed by atoms with Crippen LogP contribution in [0.1, 0.15) is 24.3 Å². The number of hydrazine groups is 1. The van der Waals surface area contributed by atoms with Crippen LogP contribution in [0.2, 0.25) is 0 Å². The highest BCUT2D eigenvalue weighted by atomic mass is 19.1. The van der Waals surface area contributed by atoms with E-state index in [4.69, 9.17) is 10.6 Å². The van der Waals surface area contributed by atoms with Crippen LogP contribution < -0.4 is 5.84 Å². The predicted molar refractivity (Wildman–Crippen MR) is 57.3 cm³/mol. The third kappa shape index (κ3) is 3.28. The number of nitrogens with one attached hydrogen (secondary N) is 1. The highest BCUT2D eigenvalue weighted by molar-refractivity contribution is 6.01. The third-order valence-corrected chi connectivity index (χ3v) is 1.87. The molecular formula is C10H14FN3O3. The molecule has 0 aliphatic heterocycles. The molecular weight excluding hydrogens is 229 g/mol. The number of aromatic nitrogens is 1. The van der Waals surface area contributed by atoms with Gasteiger partial charge in [-0.25, -0.2) is 15.0 Å². The lowest BCUT2D eigenvalue weighted by atomic mass is 10.2. The zero-order valence-corrected chi connectivity index (χ0v) is 9.57. The lowest BCUT2D eigenvalue weighted by Gasteiger charge is -2.14. The summed E-state index contributed by atoms with van der Waals surface area (Å²) in [6, 6.07) is 1.06. The Morgan fingerprint density at radius 1 is 1.59 bits per heavy atom. The topological polar surface area (TPSA) is 88.4 Å². The number of imide groups is 1. The Kier molecular flexibility index (Phi) is 4.22. The molecule has 94 valence electrons. The van der Waals surface area contributed by atoms with Gasteiger partial charge in [-0.3, -0.25) is 4.79 Å². The Bertz CT molecular complexity index is 417. The molecule has 0 aromatic carbocycles. The van der Waals surface area contributed by atoms with Gasteiger partial charge < -0.3 is 9.72 Å². The van der Waals surface area contributed by atoms with Crippen LogP contribution in [-0.4, -0.2) is 28.6 Å². The molecule has 0 saturated carbocycles. The van der Waals surface area contributed by atoms with Gasteiger partial charge in [-0.05, 0) is 12.0 Å². The number of carbonyl (C=O) groups excluding carboxylic acids is 2. The highest BCUT2D eigenvalue weighted by Crippen LogP contribution is 2.07. The molecule has 0 unspecified atom stereocenters. The Morgan fingerprint density at radius 2 is 2.24 bits per heavy atom. The highest BCUT2D eigenvalue weighted by Gasteiger charge is 2.24. The lowest BCUT2D eigenvalue weighted by molar-refractivity contribution is 0.0623. The first-order valence-electron chi connectivity index (χ1n) is 5.02. The number of ether oxygens (including phenoxy) is 1. The molecule has 2 amide bonds. The average molecular weight is 243 g/mol.